The van der Waals surface area contributed by atoms with E-state index in [4.69, 9.17) is 5.73 Å². The molecular formula is C12H10F2N2OS. The van der Waals surface area contributed by atoms with Crippen LogP contribution in [0.4, 0.5) is 14.5 Å². The topological polar surface area (TPSA) is 56.0 Å². The molecule has 0 spiro atoms. The number of nitrogen functional groups attached to an aromatic ring is 1. The number of hydrogen-bond acceptors (Lipinski definition) is 3. The Balaban J connectivity index is 2.30. The number of halogens is 2. The van der Waals surface area contributed by atoms with Crippen molar-refractivity contribution in [3.63, 3.8) is 0 Å². The number of aromatic nitrogens is 1. The first kappa shape index (κ1) is 12.6. The van der Waals surface area contributed by atoms with Crippen LogP contribution in [-0.4, -0.2) is 9.19 Å². The van der Waals surface area contributed by atoms with Gasteiger partial charge in [0.05, 0.1) is 33.3 Å². The van der Waals surface area contributed by atoms with Crippen LogP contribution in [-0.2, 0) is 16.6 Å². The Hall–Kier alpha value is -1.82. The van der Waals surface area contributed by atoms with Gasteiger partial charge in [0.25, 0.3) is 0 Å². The Morgan fingerprint density at radius 1 is 1.22 bits per heavy atom. The van der Waals surface area contributed by atoms with Crippen LogP contribution in [0.15, 0.2) is 41.6 Å². The van der Waals surface area contributed by atoms with Gasteiger partial charge in [-0.2, -0.15) is 0 Å². The Morgan fingerprint density at radius 2 is 1.89 bits per heavy atom. The second-order valence-corrected chi connectivity index (χ2v) is 5.02. The fourth-order valence-corrected chi connectivity index (χ4v) is 2.70. The van der Waals surface area contributed by atoms with E-state index in [2.05, 4.69) is 4.98 Å². The van der Waals surface area contributed by atoms with E-state index in [0.717, 1.165) is 12.1 Å². The van der Waals surface area contributed by atoms with Crippen LogP contribution in [0.25, 0.3) is 0 Å². The predicted molar refractivity (Wildman–Crippen MR) is 65.1 cm³/mol. The first-order valence-corrected chi connectivity index (χ1v) is 6.42. The van der Waals surface area contributed by atoms with Crippen molar-refractivity contribution in [3.8, 4) is 0 Å². The summed E-state index contributed by atoms with van der Waals surface area (Å²) in [6.45, 7) is 0. The molecule has 0 aliphatic rings. The van der Waals surface area contributed by atoms with Crippen molar-refractivity contribution in [2.75, 3.05) is 5.73 Å². The maximum absolute atomic E-state index is 13.4. The molecule has 2 aromatic rings. The van der Waals surface area contributed by atoms with Crippen molar-refractivity contribution in [2.45, 2.75) is 10.6 Å². The molecule has 0 radical (unpaired) electrons. The maximum Gasteiger partial charge on any atom is 0.130 e. The number of benzene rings is 1. The molecule has 0 bridgehead atoms. The van der Waals surface area contributed by atoms with Crippen molar-refractivity contribution >= 4 is 16.5 Å². The normalized spacial score (nSPS) is 12.3. The summed E-state index contributed by atoms with van der Waals surface area (Å²) in [7, 11) is -1.61. The standard InChI is InChI=1S/C12H10F2N2OS/c13-9-2-1-3-10(14)8(9)7-18(17)12-4-5-16-6-11(12)15/h1-6H,7,15H2. The van der Waals surface area contributed by atoms with Crippen LogP contribution in [0, 0.1) is 11.6 Å². The van der Waals surface area contributed by atoms with Crippen LogP contribution < -0.4 is 5.73 Å². The highest BCUT2D eigenvalue weighted by molar-refractivity contribution is 7.84. The minimum absolute atomic E-state index is 0.202. The zero-order valence-corrected chi connectivity index (χ0v) is 10.1. The minimum Gasteiger partial charge on any atom is -0.396 e. The number of nitrogens with two attached hydrogens (primary N) is 1. The average molecular weight is 268 g/mol. The van der Waals surface area contributed by atoms with E-state index >= 15 is 0 Å². The highest BCUT2D eigenvalue weighted by Crippen LogP contribution is 2.20. The molecule has 0 fully saturated rings. The van der Waals surface area contributed by atoms with Crippen molar-refractivity contribution in [3.05, 3.63) is 53.9 Å². The van der Waals surface area contributed by atoms with Gasteiger partial charge in [-0.15, -0.1) is 0 Å². The van der Waals surface area contributed by atoms with E-state index in [-0.39, 0.29) is 17.0 Å². The molecule has 18 heavy (non-hydrogen) atoms. The number of rotatable bonds is 3. The van der Waals surface area contributed by atoms with Crippen LogP contribution in [0.2, 0.25) is 0 Å². The van der Waals surface area contributed by atoms with Crippen molar-refractivity contribution in [2.24, 2.45) is 0 Å². The summed E-state index contributed by atoms with van der Waals surface area (Å²) < 4.78 is 38.8. The summed E-state index contributed by atoms with van der Waals surface area (Å²) in [6, 6.07) is 5.00. The van der Waals surface area contributed by atoms with Gasteiger partial charge < -0.3 is 5.73 Å². The lowest BCUT2D eigenvalue weighted by molar-refractivity contribution is 0.564. The third-order valence-corrected chi connectivity index (χ3v) is 3.81. The van der Waals surface area contributed by atoms with E-state index in [9.17, 15) is 13.0 Å². The Kier molecular flexibility index (Phi) is 3.66. The van der Waals surface area contributed by atoms with Crippen molar-refractivity contribution in [1.82, 2.24) is 4.98 Å². The molecule has 2 rings (SSSR count). The van der Waals surface area contributed by atoms with Crippen LogP contribution in [0.1, 0.15) is 5.56 Å². The number of nitrogens with zero attached hydrogens (tertiary/aromatic N) is 1. The highest BCUT2D eigenvalue weighted by atomic mass is 32.2. The lowest BCUT2D eigenvalue weighted by Gasteiger charge is -2.06. The molecule has 1 atom stereocenters. The third kappa shape index (κ3) is 2.53. The van der Waals surface area contributed by atoms with Gasteiger partial charge in [0.15, 0.2) is 0 Å². The predicted octanol–water partition coefficient (Wildman–Crippen LogP) is 2.25. The lowest BCUT2D eigenvalue weighted by atomic mass is 10.2. The zero-order chi connectivity index (χ0) is 13.1. The van der Waals surface area contributed by atoms with Gasteiger partial charge in [0.1, 0.15) is 11.6 Å². The quantitative estimate of drug-likeness (QED) is 0.928. The molecule has 1 heterocycles. The van der Waals surface area contributed by atoms with E-state index in [1.54, 1.807) is 0 Å². The molecule has 1 aromatic carbocycles. The van der Waals surface area contributed by atoms with Crippen molar-refractivity contribution < 1.29 is 13.0 Å². The molecule has 0 aliphatic carbocycles. The smallest absolute Gasteiger partial charge is 0.130 e. The molecule has 1 unspecified atom stereocenters. The summed E-state index contributed by atoms with van der Waals surface area (Å²) in [6.07, 6.45) is 2.78. The Bertz CT molecular complexity index is 584. The fourth-order valence-electron chi connectivity index (χ4n) is 1.48. The molecule has 1 aromatic heterocycles. The summed E-state index contributed by atoms with van der Waals surface area (Å²) in [5, 5.41) is 0. The Labute approximate surface area is 105 Å². The highest BCUT2D eigenvalue weighted by Gasteiger charge is 2.14. The summed E-state index contributed by atoms with van der Waals surface area (Å²) in [5.41, 5.74) is 5.65. The molecule has 3 nitrogen and oxygen atoms in total. The van der Waals surface area contributed by atoms with E-state index < -0.39 is 22.4 Å². The summed E-state index contributed by atoms with van der Waals surface area (Å²) in [5.74, 6) is -1.68. The second-order valence-electron chi connectivity index (χ2n) is 3.60. The first-order valence-electron chi connectivity index (χ1n) is 5.10. The number of hydrogen-bond donors (Lipinski definition) is 1. The first-order chi connectivity index (χ1) is 8.59. The van der Waals surface area contributed by atoms with Crippen molar-refractivity contribution in [1.29, 1.82) is 0 Å². The van der Waals surface area contributed by atoms with Crippen LogP contribution >= 0.6 is 0 Å². The molecule has 6 heteroatoms. The van der Waals surface area contributed by atoms with E-state index in [1.807, 2.05) is 0 Å². The molecular weight excluding hydrogens is 258 g/mol. The maximum atomic E-state index is 13.4. The molecule has 2 N–H and O–H groups in total. The van der Waals surface area contributed by atoms with Gasteiger partial charge >= 0.3 is 0 Å². The van der Waals surface area contributed by atoms with Crippen LogP contribution in [0.5, 0.6) is 0 Å². The number of pyridine rings is 1. The molecule has 0 amide bonds. The summed E-state index contributed by atoms with van der Waals surface area (Å²) >= 11 is 0. The molecule has 0 saturated carbocycles. The molecule has 94 valence electrons. The van der Waals surface area contributed by atoms with E-state index in [0.29, 0.717) is 4.90 Å². The largest absolute Gasteiger partial charge is 0.396 e. The second kappa shape index (κ2) is 5.22. The van der Waals surface area contributed by atoms with Crippen LogP contribution in [0.3, 0.4) is 0 Å². The molecule has 0 aliphatic heterocycles. The number of anilines is 1. The summed E-state index contributed by atoms with van der Waals surface area (Å²) in [4.78, 5) is 4.09. The van der Waals surface area contributed by atoms with Gasteiger partial charge in [0.2, 0.25) is 0 Å². The fraction of sp³-hybridized carbons (Fsp3) is 0.0833. The van der Waals surface area contributed by atoms with E-state index in [1.165, 1.54) is 24.5 Å². The lowest BCUT2D eigenvalue weighted by Crippen LogP contribution is -2.04. The van der Waals surface area contributed by atoms with Gasteiger partial charge in [-0.25, -0.2) is 8.78 Å². The molecule has 0 saturated heterocycles. The average Bonchev–Trinajstić information content (AvgIpc) is 2.34. The Morgan fingerprint density at radius 3 is 2.50 bits per heavy atom. The zero-order valence-electron chi connectivity index (χ0n) is 9.27. The van der Waals surface area contributed by atoms with Gasteiger partial charge in [-0.1, -0.05) is 6.07 Å². The van der Waals surface area contributed by atoms with Gasteiger partial charge in [-0.05, 0) is 18.2 Å². The van der Waals surface area contributed by atoms with Gasteiger partial charge in [-0.3, -0.25) is 9.19 Å². The minimum atomic E-state index is -1.61. The monoisotopic (exact) mass is 268 g/mol. The SMILES string of the molecule is Nc1cnccc1S(=O)Cc1c(F)cccc1F. The third-order valence-electron chi connectivity index (χ3n) is 2.39. The van der Waals surface area contributed by atoms with Gasteiger partial charge in [0, 0.05) is 11.8 Å².